The number of nitriles is 2. The van der Waals surface area contributed by atoms with Crippen molar-refractivity contribution in [2.24, 2.45) is 0 Å². The minimum absolute atomic E-state index is 0.409. The van der Waals surface area contributed by atoms with Gasteiger partial charge in [-0.2, -0.15) is 10.5 Å². The number of benzene rings is 2. The lowest BCUT2D eigenvalue weighted by Gasteiger charge is -1.96. The van der Waals surface area contributed by atoms with Gasteiger partial charge in [0.05, 0.1) is 16.6 Å². The third-order valence-corrected chi connectivity index (χ3v) is 2.91. The van der Waals surface area contributed by atoms with Crippen molar-refractivity contribution in [2.45, 2.75) is 0 Å². The predicted octanol–water partition coefficient (Wildman–Crippen LogP) is 3.06. The van der Waals surface area contributed by atoms with Crippen molar-refractivity contribution < 1.29 is 0 Å². The Hall–Kier alpha value is -2.78. The molecule has 0 amide bonds. The highest BCUT2D eigenvalue weighted by molar-refractivity contribution is 6.09. The quantitative estimate of drug-likeness (QED) is 0.629. The number of H-pyrrole nitrogens is 1. The normalized spacial score (nSPS) is 10.2. The Morgan fingerprint density at radius 1 is 0.882 bits per heavy atom. The van der Waals surface area contributed by atoms with Crippen LogP contribution in [0.4, 0.5) is 0 Å². The molecular formula is C14H7N3. The predicted molar refractivity (Wildman–Crippen MR) is 65.2 cm³/mol. The van der Waals surface area contributed by atoms with Gasteiger partial charge in [0.2, 0.25) is 0 Å². The number of nitrogens with zero attached hydrogens (tertiary/aromatic N) is 2. The molecule has 78 valence electrons. The van der Waals surface area contributed by atoms with Gasteiger partial charge in [-0.05, 0) is 12.1 Å². The molecule has 1 heterocycles. The first kappa shape index (κ1) is 9.45. The summed E-state index contributed by atoms with van der Waals surface area (Å²) in [5.41, 5.74) is 2.55. The van der Waals surface area contributed by atoms with Crippen molar-refractivity contribution in [1.29, 1.82) is 10.5 Å². The molecule has 3 aromatic rings. The summed E-state index contributed by atoms with van der Waals surface area (Å²) < 4.78 is 0. The fourth-order valence-corrected chi connectivity index (χ4v) is 2.13. The van der Waals surface area contributed by atoms with Crippen LogP contribution in [-0.2, 0) is 0 Å². The van der Waals surface area contributed by atoms with Gasteiger partial charge in [-0.25, -0.2) is 0 Å². The Bertz CT molecular complexity index is 813. The van der Waals surface area contributed by atoms with Crippen molar-refractivity contribution in [1.82, 2.24) is 4.98 Å². The molecule has 2 aromatic carbocycles. The van der Waals surface area contributed by atoms with Crippen LogP contribution in [0.15, 0.2) is 36.4 Å². The number of aromatic nitrogens is 1. The van der Waals surface area contributed by atoms with E-state index in [1.807, 2.05) is 36.4 Å². The van der Waals surface area contributed by atoms with E-state index in [9.17, 15) is 0 Å². The Labute approximate surface area is 97.5 Å². The average molecular weight is 217 g/mol. The number of fused-ring (bicyclic) bond motifs is 3. The van der Waals surface area contributed by atoms with Crippen LogP contribution >= 0.6 is 0 Å². The first-order valence-electron chi connectivity index (χ1n) is 5.19. The molecule has 1 aromatic heterocycles. The van der Waals surface area contributed by atoms with Gasteiger partial charge in [0.15, 0.2) is 0 Å². The smallest absolute Gasteiger partial charge is 0.103 e. The Kier molecular flexibility index (Phi) is 1.87. The number of hydrogen-bond acceptors (Lipinski definition) is 2. The minimum atomic E-state index is 0.409. The van der Waals surface area contributed by atoms with Gasteiger partial charge in [0, 0.05) is 16.3 Å². The first-order valence-corrected chi connectivity index (χ1v) is 5.19. The van der Waals surface area contributed by atoms with Crippen LogP contribution in [0.25, 0.3) is 21.8 Å². The van der Waals surface area contributed by atoms with Crippen molar-refractivity contribution in [3.8, 4) is 12.1 Å². The summed E-state index contributed by atoms with van der Waals surface area (Å²) in [5, 5.41) is 20.2. The van der Waals surface area contributed by atoms with E-state index in [1.165, 1.54) is 0 Å². The van der Waals surface area contributed by atoms with Gasteiger partial charge >= 0.3 is 0 Å². The van der Waals surface area contributed by atoms with E-state index in [-0.39, 0.29) is 0 Å². The molecule has 3 heteroatoms. The third kappa shape index (κ3) is 1.20. The fourth-order valence-electron chi connectivity index (χ4n) is 2.13. The van der Waals surface area contributed by atoms with E-state index in [1.54, 1.807) is 6.07 Å². The molecule has 0 atom stereocenters. The SMILES string of the molecule is N#Cc1ccc2c([nH]c3ccccc32)c1C#N. The van der Waals surface area contributed by atoms with E-state index in [0.717, 1.165) is 21.8 Å². The molecule has 0 spiro atoms. The molecule has 3 nitrogen and oxygen atoms in total. The highest BCUT2D eigenvalue weighted by Gasteiger charge is 2.11. The number of nitrogens with one attached hydrogen (secondary N) is 1. The van der Waals surface area contributed by atoms with Crippen LogP contribution in [-0.4, -0.2) is 4.98 Å². The number of rotatable bonds is 0. The molecular weight excluding hydrogens is 210 g/mol. The number of hydrogen-bond donors (Lipinski definition) is 1. The van der Waals surface area contributed by atoms with Crippen molar-refractivity contribution in [3.05, 3.63) is 47.5 Å². The zero-order valence-corrected chi connectivity index (χ0v) is 8.86. The summed E-state index contributed by atoms with van der Waals surface area (Å²) in [5.74, 6) is 0. The molecule has 0 aliphatic carbocycles. The molecule has 0 fully saturated rings. The summed E-state index contributed by atoms with van der Waals surface area (Å²) in [4.78, 5) is 3.20. The highest BCUT2D eigenvalue weighted by atomic mass is 14.7. The maximum atomic E-state index is 9.15. The molecule has 17 heavy (non-hydrogen) atoms. The van der Waals surface area contributed by atoms with Crippen LogP contribution in [0.3, 0.4) is 0 Å². The maximum absolute atomic E-state index is 9.15. The van der Waals surface area contributed by atoms with Crippen LogP contribution in [0.1, 0.15) is 11.1 Å². The summed E-state index contributed by atoms with van der Waals surface area (Å²) in [6.45, 7) is 0. The van der Waals surface area contributed by atoms with Gasteiger partial charge < -0.3 is 4.98 Å². The van der Waals surface area contributed by atoms with Crippen LogP contribution in [0, 0.1) is 22.7 Å². The molecule has 0 aliphatic rings. The zero-order chi connectivity index (χ0) is 11.8. The molecule has 0 radical (unpaired) electrons. The van der Waals surface area contributed by atoms with Crippen molar-refractivity contribution in [2.75, 3.05) is 0 Å². The number of para-hydroxylation sites is 1. The van der Waals surface area contributed by atoms with Gasteiger partial charge in [0.1, 0.15) is 12.1 Å². The standard InChI is InChI=1S/C14H7N3/c15-7-9-5-6-11-10-3-1-2-4-13(10)17-14(11)12(9)8-16/h1-6,17H. The Morgan fingerprint density at radius 2 is 1.71 bits per heavy atom. The summed E-state index contributed by atoms with van der Waals surface area (Å²) in [6.07, 6.45) is 0. The molecule has 0 saturated carbocycles. The second-order valence-electron chi connectivity index (χ2n) is 3.80. The maximum Gasteiger partial charge on any atom is 0.103 e. The second-order valence-corrected chi connectivity index (χ2v) is 3.80. The fraction of sp³-hybridized carbons (Fsp3) is 0. The topological polar surface area (TPSA) is 63.4 Å². The highest BCUT2D eigenvalue weighted by Crippen LogP contribution is 2.28. The van der Waals surface area contributed by atoms with E-state index in [4.69, 9.17) is 10.5 Å². The van der Waals surface area contributed by atoms with E-state index in [2.05, 4.69) is 11.1 Å². The molecule has 1 N–H and O–H groups in total. The van der Waals surface area contributed by atoms with E-state index in [0.29, 0.717) is 11.1 Å². The van der Waals surface area contributed by atoms with Gasteiger partial charge in [0.25, 0.3) is 0 Å². The van der Waals surface area contributed by atoms with Crippen LogP contribution < -0.4 is 0 Å². The summed E-state index contributed by atoms with van der Waals surface area (Å²) in [7, 11) is 0. The lowest BCUT2D eigenvalue weighted by atomic mass is 10.0. The van der Waals surface area contributed by atoms with Gasteiger partial charge in [-0.15, -0.1) is 0 Å². The summed E-state index contributed by atoms with van der Waals surface area (Å²) >= 11 is 0. The van der Waals surface area contributed by atoms with Crippen LogP contribution in [0.5, 0.6) is 0 Å². The first-order chi connectivity index (χ1) is 8.35. The molecule has 0 bridgehead atoms. The van der Waals surface area contributed by atoms with Crippen molar-refractivity contribution in [3.63, 3.8) is 0 Å². The largest absolute Gasteiger partial charge is 0.353 e. The average Bonchev–Trinajstić information content (AvgIpc) is 2.75. The molecule has 0 aliphatic heterocycles. The lowest BCUT2D eigenvalue weighted by Crippen LogP contribution is -1.84. The van der Waals surface area contributed by atoms with Gasteiger partial charge in [-0.1, -0.05) is 24.3 Å². The van der Waals surface area contributed by atoms with Crippen molar-refractivity contribution >= 4 is 21.8 Å². The third-order valence-electron chi connectivity index (χ3n) is 2.91. The monoisotopic (exact) mass is 217 g/mol. The molecule has 0 unspecified atom stereocenters. The Morgan fingerprint density at radius 3 is 2.47 bits per heavy atom. The lowest BCUT2D eigenvalue weighted by molar-refractivity contribution is 1.43. The summed E-state index contributed by atoms with van der Waals surface area (Å²) in [6, 6.07) is 15.6. The van der Waals surface area contributed by atoms with Crippen LogP contribution in [0.2, 0.25) is 0 Å². The number of aromatic amines is 1. The molecule has 3 rings (SSSR count). The van der Waals surface area contributed by atoms with E-state index < -0.39 is 0 Å². The molecule has 0 saturated heterocycles. The zero-order valence-electron chi connectivity index (χ0n) is 8.86. The second kappa shape index (κ2) is 3.37. The Balaban J connectivity index is 2.58. The minimum Gasteiger partial charge on any atom is -0.353 e. The van der Waals surface area contributed by atoms with E-state index >= 15 is 0 Å². The van der Waals surface area contributed by atoms with Gasteiger partial charge in [-0.3, -0.25) is 0 Å².